The predicted molar refractivity (Wildman–Crippen MR) is 101 cm³/mol. The second-order valence-corrected chi connectivity index (χ2v) is 7.00. The highest BCUT2D eigenvalue weighted by molar-refractivity contribution is 6.16. The number of carbonyl (C=O) groups excluding carboxylic acids is 1. The lowest BCUT2D eigenvalue weighted by Crippen LogP contribution is -2.16. The van der Waals surface area contributed by atoms with Gasteiger partial charge in [-0.05, 0) is 47.6 Å². The van der Waals surface area contributed by atoms with Crippen LogP contribution in [0.15, 0.2) is 47.4 Å². The maximum atomic E-state index is 14.6. The number of hydrogen-bond donors (Lipinski definition) is 2. The van der Waals surface area contributed by atoms with Crippen LogP contribution in [-0.2, 0) is 0 Å². The molecule has 140 valence electrons. The predicted octanol–water partition coefficient (Wildman–Crippen LogP) is 4.08. The fraction of sp³-hybridized carbons (Fsp3) is 0.238. The number of H-pyrrole nitrogens is 1. The summed E-state index contributed by atoms with van der Waals surface area (Å²) in [4.78, 5) is 27.3. The monoisotopic (exact) mass is 370 g/mol. The van der Waals surface area contributed by atoms with E-state index in [4.69, 9.17) is 5.73 Å². The van der Waals surface area contributed by atoms with Crippen LogP contribution in [0.25, 0.3) is 10.8 Å². The summed E-state index contributed by atoms with van der Waals surface area (Å²) in [5, 5.41) is 0.616. The highest BCUT2D eigenvalue weighted by atomic mass is 19.1. The molecule has 0 amide bonds. The molecule has 4 nitrogen and oxygen atoms in total. The summed E-state index contributed by atoms with van der Waals surface area (Å²) in [6, 6.07) is 7.74. The topological polar surface area (TPSA) is 76.0 Å². The van der Waals surface area contributed by atoms with Crippen LogP contribution in [0.5, 0.6) is 0 Å². The molecular formula is C21H20F2N2O2. The summed E-state index contributed by atoms with van der Waals surface area (Å²) >= 11 is 0. The molecule has 2 aromatic carbocycles. The molecule has 1 heterocycles. The van der Waals surface area contributed by atoms with Crippen LogP contribution in [-0.4, -0.2) is 10.8 Å². The number of ketones is 1. The molecule has 0 fully saturated rings. The van der Waals surface area contributed by atoms with Crippen molar-refractivity contribution < 1.29 is 13.6 Å². The Bertz CT molecular complexity index is 1050. The highest BCUT2D eigenvalue weighted by Crippen LogP contribution is 2.26. The molecule has 27 heavy (non-hydrogen) atoms. The van der Waals surface area contributed by atoms with Crippen LogP contribution in [0.2, 0.25) is 0 Å². The number of halogens is 2. The number of nitrogens with two attached hydrogens (primary N) is 1. The molecule has 0 saturated carbocycles. The summed E-state index contributed by atoms with van der Waals surface area (Å²) in [5.74, 6) is -2.47. The molecule has 0 aliphatic heterocycles. The van der Waals surface area contributed by atoms with Crippen molar-refractivity contribution in [3.63, 3.8) is 0 Å². The van der Waals surface area contributed by atoms with Gasteiger partial charge in [0, 0.05) is 23.2 Å². The van der Waals surface area contributed by atoms with Crippen LogP contribution in [0.4, 0.5) is 8.78 Å². The Balaban J connectivity index is 2.09. The van der Waals surface area contributed by atoms with Gasteiger partial charge in [-0.1, -0.05) is 26.0 Å². The van der Waals surface area contributed by atoms with E-state index in [-0.39, 0.29) is 22.4 Å². The normalized spacial score (nSPS) is 12.5. The smallest absolute Gasteiger partial charge is 0.255 e. The van der Waals surface area contributed by atoms with Crippen molar-refractivity contribution in [3.05, 3.63) is 81.3 Å². The first-order valence-corrected chi connectivity index (χ1v) is 8.69. The first-order valence-electron chi connectivity index (χ1n) is 8.69. The molecule has 0 spiro atoms. The van der Waals surface area contributed by atoms with Gasteiger partial charge < -0.3 is 10.7 Å². The van der Waals surface area contributed by atoms with Gasteiger partial charge in [-0.15, -0.1) is 0 Å². The summed E-state index contributed by atoms with van der Waals surface area (Å²) in [7, 11) is 0. The summed E-state index contributed by atoms with van der Waals surface area (Å²) in [6.07, 6.45) is 1.96. The van der Waals surface area contributed by atoms with E-state index in [2.05, 4.69) is 4.98 Å². The molecule has 1 atom stereocenters. The van der Waals surface area contributed by atoms with Crippen LogP contribution < -0.4 is 11.3 Å². The first kappa shape index (κ1) is 18.9. The Hall–Kier alpha value is -2.86. The zero-order valence-electron chi connectivity index (χ0n) is 15.1. The minimum atomic E-state index is -0.962. The van der Waals surface area contributed by atoms with E-state index >= 15 is 0 Å². The highest BCUT2D eigenvalue weighted by Gasteiger charge is 2.23. The van der Waals surface area contributed by atoms with Crippen molar-refractivity contribution in [2.75, 3.05) is 0 Å². The lowest BCUT2D eigenvalue weighted by atomic mass is 9.93. The van der Waals surface area contributed by atoms with E-state index in [1.807, 2.05) is 13.8 Å². The first-order chi connectivity index (χ1) is 12.8. The average molecular weight is 370 g/mol. The Labute approximate surface area is 155 Å². The number of benzene rings is 2. The van der Waals surface area contributed by atoms with Gasteiger partial charge in [0.2, 0.25) is 0 Å². The van der Waals surface area contributed by atoms with Gasteiger partial charge in [-0.2, -0.15) is 0 Å². The Morgan fingerprint density at radius 2 is 1.78 bits per heavy atom. The van der Waals surface area contributed by atoms with E-state index in [0.717, 1.165) is 12.1 Å². The van der Waals surface area contributed by atoms with Gasteiger partial charge in [0.15, 0.2) is 5.78 Å². The molecule has 3 rings (SSSR count). The van der Waals surface area contributed by atoms with Crippen LogP contribution in [0, 0.1) is 17.6 Å². The lowest BCUT2D eigenvalue weighted by Gasteiger charge is -2.16. The number of nitrogens with one attached hydrogen (secondary N) is 1. The van der Waals surface area contributed by atoms with E-state index < -0.39 is 29.0 Å². The second kappa shape index (κ2) is 7.40. The standard InChI is InChI=1S/C21H20F2N2O2/c1-11(2)8-18(24)12-9-16(22)19(17(23)10-12)20(26)14-4-3-5-15-13(14)6-7-25-21(15)27/h3-7,9-11,18H,8,24H2,1-2H3,(H,25,27). The van der Waals surface area contributed by atoms with Crippen molar-refractivity contribution in [1.82, 2.24) is 4.98 Å². The van der Waals surface area contributed by atoms with Crippen molar-refractivity contribution in [3.8, 4) is 0 Å². The molecule has 0 aliphatic rings. The summed E-state index contributed by atoms with van der Waals surface area (Å²) in [6.45, 7) is 3.93. The molecular weight excluding hydrogens is 350 g/mol. The lowest BCUT2D eigenvalue weighted by molar-refractivity contribution is 0.103. The molecule has 1 unspecified atom stereocenters. The molecule has 0 bridgehead atoms. The van der Waals surface area contributed by atoms with E-state index in [1.165, 1.54) is 24.4 Å². The largest absolute Gasteiger partial charge is 0.329 e. The Morgan fingerprint density at radius 3 is 2.41 bits per heavy atom. The van der Waals surface area contributed by atoms with Gasteiger partial charge in [-0.25, -0.2) is 8.78 Å². The Morgan fingerprint density at radius 1 is 1.11 bits per heavy atom. The summed E-state index contributed by atoms with van der Waals surface area (Å²) in [5.41, 5.74) is 5.35. The number of pyridine rings is 1. The van der Waals surface area contributed by atoms with Crippen molar-refractivity contribution in [1.29, 1.82) is 0 Å². The zero-order valence-corrected chi connectivity index (χ0v) is 15.1. The molecule has 0 saturated heterocycles. The van der Waals surface area contributed by atoms with Crippen LogP contribution in [0.3, 0.4) is 0 Å². The van der Waals surface area contributed by atoms with Crippen molar-refractivity contribution in [2.24, 2.45) is 11.7 Å². The quantitative estimate of drug-likeness (QED) is 0.665. The molecule has 0 radical (unpaired) electrons. The van der Waals surface area contributed by atoms with E-state index in [9.17, 15) is 18.4 Å². The fourth-order valence-corrected chi connectivity index (χ4v) is 3.22. The number of fused-ring (bicyclic) bond motifs is 1. The number of hydrogen-bond acceptors (Lipinski definition) is 3. The Kier molecular flexibility index (Phi) is 5.19. The maximum Gasteiger partial charge on any atom is 0.255 e. The molecule has 6 heteroatoms. The molecule has 0 aliphatic carbocycles. The third kappa shape index (κ3) is 3.66. The number of carbonyl (C=O) groups is 1. The molecule has 3 N–H and O–H groups in total. The minimum absolute atomic E-state index is 0.0654. The van der Waals surface area contributed by atoms with Crippen LogP contribution >= 0.6 is 0 Å². The van der Waals surface area contributed by atoms with Crippen LogP contribution in [0.1, 0.15) is 47.8 Å². The number of aromatic nitrogens is 1. The SMILES string of the molecule is CC(C)CC(N)c1cc(F)c(C(=O)c2cccc3c(=O)[nH]ccc23)c(F)c1. The fourth-order valence-electron chi connectivity index (χ4n) is 3.22. The second-order valence-electron chi connectivity index (χ2n) is 7.00. The minimum Gasteiger partial charge on any atom is -0.329 e. The zero-order chi connectivity index (χ0) is 19.7. The summed E-state index contributed by atoms with van der Waals surface area (Å²) < 4.78 is 29.3. The number of rotatable bonds is 5. The van der Waals surface area contributed by atoms with Crippen molar-refractivity contribution in [2.45, 2.75) is 26.3 Å². The van der Waals surface area contributed by atoms with Gasteiger partial charge in [0.1, 0.15) is 11.6 Å². The third-order valence-corrected chi connectivity index (χ3v) is 4.50. The molecule has 1 aromatic heterocycles. The third-order valence-electron chi connectivity index (χ3n) is 4.50. The van der Waals surface area contributed by atoms with E-state index in [0.29, 0.717) is 17.4 Å². The van der Waals surface area contributed by atoms with Gasteiger partial charge >= 0.3 is 0 Å². The van der Waals surface area contributed by atoms with E-state index in [1.54, 1.807) is 6.07 Å². The van der Waals surface area contributed by atoms with Gasteiger partial charge in [0.25, 0.3) is 5.56 Å². The van der Waals surface area contributed by atoms with Gasteiger partial charge in [-0.3, -0.25) is 9.59 Å². The average Bonchev–Trinajstić information content (AvgIpc) is 2.60. The maximum absolute atomic E-state index is 14.6. The number of aromatic amines is 1. The van der Waals surface area contributed by atoms with Gasteiger partial charge in [0.05, 0.1) is 5.56 Å². The molecule has 3 aromatic rings. The van der Waals surface area contributed by atoms with Crippen molar-refractivity contribution >= 4 is 16.6 Å².